The molecular formula is C18H15N5O2S2. The fourth-order valence-corrected chi connectivity index (χ4v) is 3.69. The molecule has 0 atom stereocenters. The van der Waals surface area contributed by atoms with Crippen molar-refractivity contribution in [2.24, 2.45) is 0 Å². The van der Waals surface area contributed by atoms with Crippen LogP contribution in [0.3, 0.4) is 0 Å². The van der Waals surface area contributed by atoms with Crippen LogP contribution in [0.1, 0.15) is 5.56 Å². The molecule has 0 aliphatic rings. The molecule has 0 bridgehead atoms. The second kappa shape index (κ2) is 9.02. The lowest BCUT2D eigenvalue weighted by molar-refractivity contribution is -0.113. The van der Waals surface area contributed by atoms with Gasteiger partial charge in [0.15, 0.2) is 4.34 Å². The average Bonchev–Trinajstić information content (AvgIpc) is 3.15. The Hall–Kier alpha value is -3.09. The van der Waals surface area contributed by atoms with E-state index in [1.165, 1.54) is 23.1 Å². The van der Waals surface area contributed by atoms with Crippen molar-refractivity contribution >= 4 is 45.5 Å². The first-order chi connectivity index (χ1) is 13.2. The number of thioether (sulfide) groups is 1. The Labute approximate surface area is 164 Å². The highest BCUT2D eigenvalue weighted by molar-refractivity contribution is 8.01. The zero-order valence-electron chi connectivity index (χ0n) is 14.3. The Bertz CT molecular complexity index is 966. The molecule has 7 nitrogen and oxygen atoms in total. The third-order valence-corrected chi connectivity index (χ3v) is 5.37. The van der Waals surface area contributed by atoms with E-state index >= 15 is 0 Å². The van der Waals surface area contributed by atoms with Crippen LogP contribution in [0.15, 0.2) is 52.9 Å². The summed E-state index contributed by atoms with van der Waals surface area (Å²) in [6, 6.07) is 16.4. The first-order valence-electron chi connectivity index (χ1n) is 7.84. The number of anilines is 3. The lowest BCUT2D eigenvalue weighted by Gasteiger charge is -2.05. The van der Waals surface area contributed by atoms with Crippen LogP contribution in [0.4, 0.5) is 16.5 Å². The number of nitrogens with one attached hydrogen (secondary N) is 2. The molecule has 0 unspecified atom stereocenters. The SMILES string of the molecule is COc1ccc(Nc2nnc(SCC(=O)Nc3ccccc3C#N)s2)cc1. The second-order valence-electron chi connectivity index (χ2n) is 5.22. The van der Waals surface area contributed by atoms with Crippen LogP contribution in [0.25, 0.3) is 0 Å². The molecule has 1 heterocycles. The average molecular weight is 397 g/mol. The largest absolute Gasteiger partial charge is 0.497 e. The summed E-state index contributed by atoms with van der Waals surface area (Å²) in [6.07, 6.45) is 0. The topological polar surface area (TPSA) is 99.9 Å². The van der Waals surface area contributed by atoms with Gasteiger partial charge in [-0.3, -0.25) is 4.79 Å². The molecule has 0 fully saturated rings. The van der Waals surface area contributed by atoms with Gasteiger partial charge < -0.3 is 15.4 Å². The number of ether oxygens (including phenoxy) is 1. The van der Waals surface area contributed by atoms with Gasteiger partial charge in [0, 0.05) is 5.69 Å². The first kappa shape index (κ1) is 18.7. The number of para-hydroxylation sites is 1. The molecular weight excluding hydrogens is 382 g/mol. The predicted octanol–water partition coefficient (Wildman–Crippen LogP) is 3.89. The van der Waals surface area contributed by atoms with Crippen LogP contribution in [0, 0.1) is 11.3 Å². The van der Waals surface area contributed by atoms with Gasteiger partial charge in [-0.15, -0.1) is 10.2 Å². The van der Waals surface area contributed by atoms with Crippen molar-refractivity contribution in [3.8, 4) is 11.8 Å². The maximum absolute atomic E-state index is 12.1. The van der Waals surface area contributed by atoms with Crippen molar-refractivity contribution in [1.82, 2.24) is 10.2 Å². The van der Waals surface area contributed by atoms with E-state index in [1.54, 1.807) is 31.4 Å². The van der Waals surface area contributed by atoms with Crippen LogP contribution in [0.2, 0.25) is 0 Å². The number of carbonyl (C=O) groups is 1. The monoisotopic (exact) mass is 397 g/mol. The van der Waals surface area contributed by atoms with Crippen LogP contribution < -0.4 is 15.4 Å². The fourth-order valence-electron chi connectivity index (χ4n) is 2.12. The van der Waals surface area contributed by atoms with Gasteiger partial charge in [0.05, 0.1) is 24.1 Å². The van der Waals surface area contributed by atoms with E-state index in [1.807, 2.05) is 24.3 Å². The molecule has 0 saturated carbocycles. The predicted molar refractivity (Wildman–Crippen MR) is 107 cm³/mol. The highest BCUT2D eigenvalue weighted by atomic mass is 32.2. The van der Waals surface area contributed by atoms with E-state index in [0.29, 0.717) is 20.7 Å². The van der Waals surface area contributed by atoms with E-state index in [4.69, 9.17) is 10.00 Å². The van der Waals surface area contributed by atoms with Gasteiger partial charge in [-0.2, -0.15) is 5.26 Å². The normalized spacial score (nSPS) is 10.1. The number of hydrogen-bond acceptors (Lipinski definition) is 8. The van der Waals surface area contributed by atoms with Crippen LogP contribution in [-0.2, 0) is 4.79 Å². The number of rotatable bonds is 7. The van der Waals surface area contributed by atoms with Crippen molar-refractivity contribution < 1.29 is 9.53 Å². The van der Waals surface area contributed by atoms with Gasteiger partial charge in [0.25, 0.3) is 0 Å². The number of hydrogen-bond donors (Lipinski definition) is 2. The maximum atomic E-state index is 12.1. The van der Waals surface area contributed by atoms with Crippen molar-refractivity contribution in [3.05, 3.63) is 54.1 Å². The van der Waals surface area contributed by atoms with Crippen molar-refractivity contribution in [2.75, 3.05) is 23.5 Å². The van der Waals surface area contributed by atoms with Crippen molar-refractivity contribution in [1.29, 1.82) is 5.26 Å². The van der Waals surface area contributed by atoms with Gasteiger partial charge in [-0.25, -0.2) is 0 Å². The molecule has 0 aliphatic carbocycles. The van der Waals surface area contributed by atoms with E-state index in [0.717, 1.165) is 11.4 Å². The van der Waals surface area contributed by atoms with Gasteiger partial charge in [0.2, 0.25) is 11.0 Å². The van der Waals surface area contributed by atoms with Crippen molar-refractivity contribution in [2.45, 2.75) is 4.34 Å². The van der Waals surface area contributed by atoms with Crippen molar-refractivity contribution in [3.63, 3.8) is 0 Å². The Morgan fingerprint density at radius 3 is 2.74 bits per heavy atom. The number of methoxy groups -OCH3 is 1. The number of benzene rings is 2. The minimum Gasteiger partial charge on any atom is -0.497 e. The summed E-state index contributed by atoms with van der Waals surface area (Å²) in [5.74, 6) is 0.748. The smallest absolute Gasteiger partial charge is 0.234 e. The highest BCUT2D eigenvalue weighted by Crippen LogP contribution is 2.28. The summed E-state index contributed by atoms with van der Waals surface area (Å²) in [5.41, 5.74) is 1.80. The Morgan fingerprint density at radius 2 is 2.00 bits per heavy atom. The van der Waals surface area contributed by atoms with E-state index in [2.05, 4.69) is 26.9 Å². The number of aromatic nitrogens is 2. The molecule has 0 saturated heterocycles. The first-order valence-corrected chi connectivity index (χ1v) is 9.64. The number of carbonyl (C=O) groups excluding carboxylic acids is 1. The molecule has 0 radical (unpaired) electrons. The van der Waals surface area contributed by atoms with Gasteiger partial charge in [-0.05, 0) is 36.4 Å². The third-order valence-electron chi connectivity index (χ3n) is 3.40. The molecule has 1 aromatic heterocycles. The summed E-state index contributed by atoms with van der Waals surface area (Å²) in [4.78, 5) is 12.1. The number of nitriles is 1. The van der Waals surface area contributed by atoms with Crippen LogP contribution in [-0.4, -0.2) is 29.0 Å². The van der Waals surface area contributed by atoms with Gasteiger partial charge in [-0.1, -0.05) is 35.2 Å². The third kappa shape index (κ3) is 5.20. The summed E-state index contributed by atoms with van der Waals surface area (Å²) < 4.78 is 5.80. The fraction of sp³-hybridized carbons (Fsp3) is 0.111. The minimum absolute atomic E-state index is 0.178. The molecule has 3 aromatic rings. The Balaban J connectivity index is 1.53. The zero-order chi connectivity index (χ0) is 19.1. The second-order valence-corrected chi connectivity index (χ2v) is 7.42. The summed E-state index contributed by atoms with van der Waals surface area (Å²) in [5, 5.41) is 23.7. The summed E-state index contributed by atoms with van der Waals surface area (Å²) in [6.45, 7) is 0. The Morgan fingerprint density at radius 1 is 1.22 bits per heavy atom. The van der Waals surface area contributed by atoms with E-state index in [9.17, 15) is 4.79 Å². The zero-order valence-corrected chi connectivity index (χ0v) is 15.9. The minimum atomic E-state index is -0.206. The lowest BCUT2D eigenvalue weighted by atomic mass is 10.2. The maximum Gasteiger partial charge on any atom is 0.234 e. The highest BCUT2D eigenvalue weighted by Gasteiger charge is 2.10. The molecule has 0 spiro atoms. The van der Waals surface area contributed by atoms with Crippen LogP contribution >= 0.6 is 23.1 Å². The quantitative estimate of drug-likeness (QED) is 0.583. The summed E-state index contributed by atoms with van der Waals surface area (Å²) in [7, 11) is 1.62. The van der Waals surface area contributed by atoms with Gasteiger partial charge in [0.1, 0.15) is 11.8 Å². The molecule has 2 N–H and O–H groups in total. The Kier molecular flexibility index (Phi) is 6.25. The molecule has 1 amide bonds. The molecule has 3 rings (SSSR count). The number of amides is 1. The van der Waals surface area contributed by atoms with E-state index in [-0.39, 0.29) is 11.7 Å². The van der Waals surface area contributed by atoms with Crippen LogP contribution in [0.5, 0.6) is 5.75 Å². The standard InChI is InChI=1S/C18H15N5O2S2/c1-25-14-8-6-13(7-9-14)20-17-22-23-18(27-17)26-11-16(24)21-15-5-3-2-4-12(15)10-19/h2-9H,11H2,1H3,(H,20,22)(H,21,24). The number of nitrogens with zero attached hydrogens (tertiary/aromatic N) is 3. The summed E-state index contributed by atoms with van der Waals surface area (Å²) >= 11 is 2.65. The lowest BCUT2D eigenvalue weighted by Crippen LogP contribution is -2.14. The van der Waals surface area contributed by atoms with E-state index < -0.39 is 0 Å². The molecule has 136 valence electrons. The molecule has 9 heteroatoms. The van der Waals surface area contributed by atoms with Gasteiger partial charge >= 0.3 is 0 Å². The molecule has 2 aromatic carbocycles. The molecule has 0 aliphatic heterocycles. The molecule has 27 heavy (non-hydrogen) atoms.